The van der Waals surface area contributed by atoms with Crippen LogP contribution in [0.1, 0.15) is 0 Å². The van der Waals surface area contributed by atoms with Crippen LogP contribution in [0.15, 0.2) is 211 Å². The monoisotopic (exact) mass is 742 g/mol. The summed E-state index contributed by atoms with van der Waals surface area (Å²) in [5, 5.41) is 6.59. The van der Waals surface area contributed by atoms with Crippen LogP contribution in [0, 0.1) is 0 Å². The smallest absolute Gasteiger partial charge is 0.164 e. The number of furan rings is 1. The molecule has 5 heteroatoms. The highest BCUT2D eigenvalue weighted by molar-refractivity contribution is 6.07. The molecule has 0 unspecified atom stereocenters. The highest BCUT2D eigenvalue weighted by Crippen LogP contribution is 2.40. The molecular formula is C53H34N4O. The molecule has 0 aliphatic rings. The summed E-state index contributed by atoms with van der Waals surface area (Å²) in [6.07, 6.45) is 0. The average Bonchev–Trinajstić information content (AvgIpc) is 3.67. The third-order valence-corrected chi connectivity index (χ3v) is 10.9. The van der Waals surface area contributed by atoms with Gasteiger partial charge in [-0.25, -0.2) is 15.0 Å². The maximum atomic E-state index is 6.69. The van der Waals surface area contributed by atoms with E-state index in [9.17, 15) is 0 Å². The van der Waals surface area contributed by atoms with Crippen LogP contribution in [0.3, 0.4) is 0 Å². The van der Waals surface area contributed by atoms with E-state index in [0.717, 1.165) is 71.8 Å². The fraction of sp³-hybridized carbons (Fsp3) is 0. The standard InChI is InChI=1S/C53H34N4O/c1-3-12-35(13-4-1)37-24-27-43(28-25-37)57(42-18-5-2-6-19-42)44-29-31-47-46-30-26-41(33-49(46)58-50(47)34-44)52-54-51(40-23-22-36-14-7-8-16-39(36)32-40)55-53(56-52)48-21-11-17-38-15-9-10-20-45(38)48/h1-34H. The molecule has 0 amide bonds. The van der Waals surface area contributed by atoms with Gasteiger partial charge in [0.25, 0.3) is 0 Å². The molecule has 2 aromatic heterocycles. The van der Waals surface area contributed by atoms with E-state index in [1.807, 2.05) is 12.1 Å². The molecule has 0 aliphatic carbocycles. The molecule has 9 aromatic carbocycles. The van der Waals surface area contributed by atoms with Crippen LogP contribution < -0.4 is 4.90 Å². The molecule has 58 heavy (non-hydrogen) atoms. The first-order valence-corrected chi connectivity index (χ1v) is 19.4. The summed E-state index contributed by atoms with van der Waals surface area (Å²) < 4.78 is 6.69. The van der Waals surface area contributed by atoms with Crippen LogP contribution in [-0.2, 0) is 0 Å². The Morgan fingerprint density at radius 2 is 0.845 bits per heavy atom. The van der Waals surface area contributed by atoms with E-state index in [1.54, 1.807) is 0 Å². The lowest BCUT2D eigenvalue weighted by Crippen LogP contribution is -2.09. The first-order valence-electron chi connectivity index (χ1n) is 19.4. The zero-order valence-electron chi connectivity index (χ0n) is 31.3. The summed E-state index contributed by atoms with van der Waals surface area (Å²) >= 11 is 0. The fourth-order valence-electron chi connectivity index (χ4n) is 8.01. The molecule has 5 nitrogen and oxygen atoms in total. The van der Waals surface area contributed by atoms with Crippen molar-refractivity contribution in [2.24, 2.45) is 0 Å². The highest BCUT2D eigenvalue weighted by atomic mass is 16.3. The number of nitrogens with zero attached hydrogens (tertiary/aromatic N) is 4. The number of anilines is 3. The molecule has 11 rings (SSSR count). The second kappa shape index (κ2) is 14.0. The zero-order valence-corrected chi connectivity index (χ0v) is 31.3. The maximum Gasteiger partial charge on any atom is 0.164 e. The van der Waals surface area contributed by atoms with Crippen molar-refractivity contribution in [1.29, 1.82) is 0 Å². The number of hydrogen-bond donors (Lipinski definition) is 0. The second-order valence-corrected chi connectivity index (χ2v) is 14.5. The van der Waals surface area contributed by atoms with Crippen molar-refractivity contribution in [2.75, 3.05) is 4.90 Å². The first-order chi connectivity index (χ1) is 28.7. The maximum absolute atomic E-state index is 6.69. The number of benzene rings is 9. The Balaban J connectivity index is 1.02. The van der Waals surface area contributed by atoms with Crippen molar-refractivity contribution < 1.29 is 4.42 Å². The van der Waals surface area contributed by atoms with Crippen molar-refractivity contribution in [3.8, 4) is 45.3 Å². The van der Waals surface area contributed by atoms with Crippen molar-refractivity contribution in [3.63, 3.8) is 0 Å². The Kier molecular flexibility index (Phi) is 8.07. The number of rotatable bonds is 7. The van der Waals surface area contributed by atoms with Gasteiger partial charge in [-0.2, -0.15) is 0 Å². The van der Waals surface area contributed by atoms with E-state index in [0.29, 0.717) is 17.5 Å². The molecule has 0 bridgehead atoms. The van der Waals surface area contributed by atoms with E-state index >= 15 is 0 Å². The van der Waals surface area contributed by atoms with Gasteiger partial charge in [0, 0.05) is 50.6 Å². The van der Waals surface area contributed by atoms with Gasteiger partial charge in [-0.05, 0) is 87.3 Å². The van der Waals surface area contributed by atoms with Crippen LogP contribution >= 0.6 is 0 Å². The highest BCUT2D eigenvalue weighted by Gasteiger charge is 2.18. The van der Waals surface area contributed by atoms with Crippen LogP contribution in [0.5, 0.6) is 0 Å². The summed E-state index contributed by atoms with van der Waals surface area (Å²) in [5.41, 5.74) is 9.79. The molecule has 0 N–H and O–H groups in total. The molecule has 0 saturated carbocycles. The SMILES string of the molecule is c1ccc(-c2ccc(N(c3ccccc3)c3ccc4c(c3)oc3cc(-c5nc(-c6ccc7ccccc7c6)nc(-c6cccc7ccccc67)n5)ccc34)cc2)cc1. The molecule has 2 heterocycles. The normalized spacial score (nSPS) is 11.4. The fourth-order valence-corrected chi connectivity index (χ4v) is 8.01. The Morgan fingerprint density at radius 3 is 1.64 bits per heavy atom. The number of fused-ring (bicyclic) bond motifs is 5. The van der Waals surface area contributed by atoms with Gasteiger partial charge in [-0.1, -0.05) is 146 Å². The van der Waals surface area contributed by atoms with Gasteiger partial charge >= 0.3 is 0 Å². The Hall–Kier alpha value is -7.89. The third kappa shape index (κ3) is 6.03. The predicted molar refractivity (Wildman–Crippen MR) is 239 cm³/mol. The largest absolute Gasteiger partial charge is 0.456 e. The molecule has 0 atom stereocenters. The van der Waals surface area contributed by atoms with E-state index in [1.165, 1.54) is 16.5 Å². The average molecular weight is 743 g/mol. The number of para-hydroxylation sites is 1. The van der Waals surface area contributed by atoms with Gasteiger partial charge in [-0.15, -0.1) is 0 Å². The molecule has 0 saturated heterocycles. The van der Waals surface area contributed by atoms with Crippen molar-refractivity contribution in [3.05, 3.63) is 206 Å². The lowest BCUT2D eigenvalue weighted by Gasteiger charge is -2.25. The molecule has 272 valence electrons. The number of aromatic nitrogens is 3. The molecular weight excluding hydrogens is 709 g/mol. The topological polar surface area (TPSA) is 55.1 Å². The Bertz CT molecular complexity index is 3280. The third-order valence-electron chi connectivity index (χ3n) is 10.9. The molecule has 0 radical (unpaired) electrons. The van der Waals surface area contributed by atoms with Gasteiger partial charge in [0.15, 0.2) is 17.5 Å². The van der Waals surface area contributed by atoms with Crippen LogP contribution in [0.2, 0.25) is 0 Å². The lowest BCUT2D eigenvalue weighted by molar-refractivity contribution is 0.669. The minimum Gasteiger partial charge on any atom is -0.456 e. The quantitative estimate of drug-likeness (QED) is 0.163. The summed E-state index contributed by atoms with van der Waals surface area (Å²) in [5.74, 6) is 1.82. The molecule has 0 fully saturated rings. The minimum absolute atomic E-state index is 0.582. The van der Waals surface area contributed by atoms with Gasteiger partial charge in [0.05, 0.1) is 0 Å². The van der Waals surface area contributed by atoms with Crippen molar-refractivity contribution >= 4 is 60.5 Å². The van der Waals surface area contributed by atoms with Crippen molar-refractivity contribution in [2.45, 2.75) is 0 Å². The summed E-state index contributed by atoms with van der Waals surface area (Å²) in [7, 11) is 0. The Labute approximate surface area is 335 Å². The van der Waals surface area contributed by atoms with Gasteiger partial charge in [0.2, 0.25) is 0 Å². The van der Waals surface area contributed by atoms with Crippen LogP contribution in [0.4, 0.5) is 17.1 Å². The lowest BCUT2D eigenvalue weighted by atomic mass is 10.0. The zero-order chi connectivity index (χ0) is 38.4. The van der Waals surface area contributed by atoms with E-state index in [4.69, 9.17) is 19.4 Å². The van der Waals surface area contributed by atoms with Gasteiger partial charge in [0.1, 0.15) is 11.2 Å². The molecule has 0 spiro atoms. The number of hydrogen-bond acceptors (Lipinski definition) is 5. The minimum atomic E-state index is 0.582. The van der Waals surface area contributed by atoms with E-state index in [2.05, 4.69) is 199 Å². The van der Waals surface area contributed by atoms with E-state index < -0.39 is 0 Å². The second-order valence-electron chi connectivity index (χ2n) is 14.5. The predicted octanol–water partition coefficient (Wildman–Crippen LogP) is 14.2. The van der Waals surface area contributed by atoms with Crippen molar-refractivity contribution in [1.82, 2.24) is 15.0 Å². The molecule has 0 aliphatic heterocycles. The van der Waals surface area contributed by atoms with Crippen LogP contribution in [-0.4, -0.2) is 15.0 Å². The van der Waals surface area contributed by atoms with E-state index in [-0.39, 0.29) is 0 Å². The summed E-state index contributed by atoms with van der Waals surface area (Å²) in [6.45, 7) is 0. The summed E-state index contributed by atoms with van der Waals surface area (Å²) in [6, 6.07) is 71.7. The molecule has 11 aromatic rings. The van der Waals surface area contributed by atoms with Crippen LogP contribution in [0.25, 0.3) is 88.8 Å². The first kappa shape index (κ1) is 33.4. The van der Waals surface area contributed by atoms with Gasteiger partial charge in [-0.3, -0.25) is 0 Å². The van der Waals surface area contributed by atoms with Gasteiger partial charge < -0.3 is 9.32 Å². The summed E-state index contributed by atoms with van der Waals surface area (Å²) in [4.78, 5) is 17.6. The Morgan fingerprint density at radius 1 is 0.310 bits per heavy atom.